The molecule has 0 spiro atoms. The maximum absolute atomic E-state index is 12.3. The molecule has 0 heterocycles. The first-order valence-electron chi connectivity index (χ1n) is 10.2. The molecule has 0 saturated heterocycles. The van der Waals surface area contributed by atoms with Gasteiger partial charge in [-0.3, -0.25) is 9.59 Å². The van der Waals surface area contributed by atoms with Crippen molar-refractivity contribution in [2.24, 2.45) is 11.3 Å². The van der Waals surface area contributed by atoms with E-state index in [0.29, 0.717) is 6.61 Å². The Balaban J connectivity index is 4.04. The third-order valence-corrected chi connectivity index (χ3v) is 4.66. The van der Waals surface area contributed by atoms with Gasteiger partial charge in [0.15, 0.2) is 5.41 Å². The molecule has 148 valence electrons. The Morgan fingerprint density at radius 1 is 0.840 bits per heavy atom. The maximum Gasteiger partial charge on any atom is 0.323 e. The van der Waals surface area contributed by atoms with Crippen molar-refractivity contribution in [3.05, 3.63) is 0 Å². The van der Waals surface area contributed by atoms with Crippen molar-refractivity contribution >= 4 is 11.9 Å². The molecule has 0 aromatic carbocycles. The highest BCUT2D eigenvalue weighted by Gasteiger charge is 2.40. The zero-order valence-corrected chi connectivity index (χ0v) is 17.4. The highest BCUT2D eigenvalue weighted by atomic mass is 16.6. The summed E-state index contributed by atoms with van der Waals surface area (Å²) >= 11 is 0. The minimum atomic E-state index is -1.25. The number of hydrogen-bond acceptors (Lipinski definition) is 4. The molecule has 0 aliphatic carbocycles. The van der Waals surface area contributed by atoms with E-state index in [2.05, 4.69) is 6.92 Å². The summed E-state index contributed by atoms with van der Waals surface area (Å²) in [6.45, 7) is 11.8. The van der Waals surface area contributed by atoms with E-state index < -0.39 is 17.4 Å². The summed E-state index contributed by atoms with van der Waals surface area (Å²) in [4.78, 5) is 24.5. The molecule has 0 N–H and O–H groups in total. The normalized spacial score (nSPS) is 12.9. The second-order valence-corrected chi connectivity index (χ2v) is 7.83. The van der Waals surface area contributed by atoms with Gasteiger partial charge in [0.25, 0.3) is 0 Å². The summed E-state index contributed by atoms with van der Waals surface area (Å²) in [5, 5.41) is 0. The fourth-order valence-electron chi connectivity index (χ4n) is 2.64. The molecule has 0 rings (SSSR count). The van der Waals surface area contributed by atoms with Crippen molar-refractivity contribution < 1.29 is 19.1 Å². The van der Waals surface area contributed by atoms with Crippen LogP contribution in [0.3, 0.4) is 0 Å². The predicted octanol–water partition coefficient (Wildman–Crippen LogP) is 5.67. The quantitative estimate of drug-likeness (QED) is 0.228. The SMILES string of the molecule is CCCCCCCCCCOC(=O)C(C)(C)C(=O)OC(CC)C(C)C. The number of rotatable bonds is 14. The Hall–Kier alpha value is -1.06. The van der Waals surface area contributed by atoms with Crippen LogP contribution in [0, 0.1) is 11.3 Å². The average Bonchev–Trinajstić information content (AvgIpc) is 2.57. The Morgan fingerprint density at radius 2 is 1.36 bits per heavy atom. The van der Waals surface area contributed by atoms with Crippen LogP contribution in [0.4, 0.5) is 0 Å². The van der Waals surface area contributed by atoms with E-state index in [-0.39, 0.29) is 12.0 Å². The third-order valence-electron chi connectivity index (χ3n) is 4.66. The summed E-state index contributed by atoms with van der Waals surface area (Å²) in [7, 11) is 0. The first-order valence-corrected chi connectivity index (χ1v) is 10.2. The van der Waals surface area contributed by atoms with Gasteiger partial charge in [-0.15, -0.1) is 0 Å². The molecule has 0 radical (unpaired) electrons. The standard InChI is InChI=1S/C21H40O4/c1-7-9-10-11-12-13-14-15-16-24-19(22)21(5,6)20(23)25-18(8-2)17(3)4/h17-18H,7-16H2,1-6H3. The Kier molecular flexibility index (Phi) is 12.6. The van der Waals surface area contributed by atoms with Gasteiger partial charge in [-0.1, -0.05) is 72.6 Å². The summed E-state index contributed by atoms with van der Waals surface area (Å²) < 4.78 is 10.8. The molecule has 1 unspecified atom stereocenters. The minimum Gasteiger partial charge on any atom is -0.465 e. The molecule has 0 amide bonds. The van der Waals surface area contributed by atoms with Crippen LogP contribution in [0.15, 0.2) is 0 Å². The monoisotopic (exact) mass is 356 g/mol. The minimum absolute atomic E-state index is 0.160. The Labute approximate surface area is 155 Å². The van der Waals surface area contributed by atoms with E-state index in [9.17, 15) is 9.59 Å². The van der Waals surface area contributed by atoms with Crippen molar-refractivity contribution in [1.82, 2.24) is 0 Å². The van der Waals surface area contributed by atoms with Crippen molar-refractivity contribution in [2.45, 2.75) is 105 Å². The molecule has 0 saturated carbocycles. The van der Waals surface area contributed by atoms with Crippen LogP contribution < -0.4 is 0 Å². The second kappa shape index (κ2) is 13.2. The van der Waals surface area contributed by atoms with Gasteiger partial charge in [-0.25, -0.2) is 0 Å². The molecule has 25 heavy (non-hydrogen) atoms. The summed E-state index contributed by atoms with van der Waals surface area (Å²) in [5.74, 6) is -0.744. The fraction of sp³-hybridized carbons (Fsp3) is 0.905. The van der Waals surface area contributed by atoms with Crippen LogP contribution in [-0.4, -0.2) is 24.6 Å². The summed E-state index contributed by atoms with van der Waals surface area (Å²) in [6.07, 6.45) is 10.1. The molecule has 4 heteroatoms. The van der Waals surface area contributed by atoms with E-state index in [4.69, 9.17) is 9.47 Å². The smallest absolute Gasteiger partial charge is 0.323 e. The number of carbonyl (C=O) groups is 2. The molecule has 0 fully saturated rings. The molecule has 0 aliphatic rings. The van der Waals surface area contributed by atoms with E-state index in [1.807, 2.05) is 20.8 Å². The lowest BCUT2D eigenvalue weighted by atomic mass is 9.93. The van der Waals surface area contributed by atoms with Crippen molar-refractivity contribution in [1.29, 1.82) is 0 Å². The first kappa shape index (κ1) is 23.9. The number of ether oxygens (including phenoxy) is 2. The summed E-state index contributed by atoms with van der Waals surface area (Å²) in [5.41, 5.74) is -1.25. The van der Waals surface area contributed by atoms with Gasteiger partial charge < -0.3 is 9.47 Å². The van der Waals surface area contributed by atoms with E-state index in [1.165, 1.54) is 38.5 Å². The maximum atomic E-state index is 12.3. The van der Waals surface area contributed by atoms with Crippen molar-refractivity contribution in [3.8, 4) is 0 Å². The average molecular weight is 357 g/mol. The molecule has 0 aromatic heterocycles. The third kappa shape index (κ3) is 9.86. The molecule has 0 aromatic rings. The zero-order chi connectivity index (χ0) is 19.3. The zero-order valence-electron chi connectivity index (χ0n) is 17.4. The first-order chi connectivity index (χ1) is 11.8. The van der Waals surface area contributed by atoms with Crippen LogP contribution in [0.1, 0.15) is 99.3 Å². The lowest BCUT2D eigenvalue weighted by Gasteiger charge is -2.26. The highest BCUT2D eigenvalue weighted by molar-refractivity contribution is 5.99. The molecular weight excluding hydrogens is 316 g/mol. The Bertz CT molecular complexity index is 374. The van der Waals surface area contributed by atoms with Crippen molar-refractivity contribution in [2.75, 3.05) is 6.61 Å². The molecule has 0 bridgehead atoms. The topological polar surface area (TPSA) is 52.6 Å². The van der Waals surface area contributed by atoms with Crippen LogP contribution in [-0.2, 0) is 19.1 Å². The largest absolute Gasteiger partial charge is 0.465 e. The Morgan fingerprint density at radius 3 is 1.84 bits per heavy atom. The lowest BCUT2D eigenvalue weighted by Crippen LogP contribution is -2.39. The van der Waals surface area contributed by atoms with E-state index in [0.717, 1.165) is 19.3 Å². The number of carbonyl (C=O) groups excluding carboxylic acids is 2. The van der Waals surface area contributed by atoms with Crippen LogP contribution in [0.25, 0.3) is 0 Å². The van der Waals surface area contributed by atoms with Crippen LogP contribution >= 0.6 is 0 Å². The van der Waals surface area contributed by atoms with E-state index in [1.54, 1.807) is 13.8 Å². The number of esters is 2. The molecule has 4 nitrogen and oxygen atoms in total. The van der Waals surface area contributed by atoms with Gasteiger partial charge in [0.2, 0.25) is 0 Å². The van der Waals surface area contributed by atoms with Crippen LogP contribution in [0.5, 0.6) is 0 Å². The number of hydrogen-bond donors (Lipinski definition) is 0. The molecular formula is C21H40O4. The fourth-order valence-corrected chi connectivity index (χ4v) is 2.64. The highest BCUT2D eigenvalue weighted by Crippen LogP contribution is 2.23. The van der Waals surface area contributed by atoms with Gasteiger partial charge in [-0.05, 0) is 32.6 Å². The number of unbranched alkanes of at least 4 members (excludes halogenated alkanes) is 7. The lowest BCUT2D eigenvalue weighted by molar-refractivity contribution is -0.174. The van der Waals surface area contributed by atoms with E-state index >= 15 is 0 Å². The summed E-state index contributed by atoms with van der Waals surface area (Å²) in [6, 6.07) is 0. The van der Waals surface area contributed by atoms with Gasteiger partial charge >= 0.3 is 11.9 Å². The molecule has 1 atom stereocenters. The second-order valence-electron chi connectivity index (χ2n) is 7.83. The van der Waals surface area contributed by atoms with Gasteiger partial charge in [0, 0.05) is 0 Å². The predicted molar refractivity (Wildman–Crippen MR) is 102 cm³/mol. The van der Waals surface area contributed by atoms with Gasteiger partial charge in [-0.2, -0.15) is 0 Å². The molecule has 0 aliphatic heterocycles. The van der Waals surface area contributed by atoms with Crippen molar-refractivity contribution in [3.63, 3.8) is 0 Å². The van der Waals surface area contributed by atoms with Gasteiger partial charge in [0.1, 0.15) is 6.10 Å². The van der Waals surface area contributed by atoms with Crippen LogP contribution in [0.2, 0.25) is 0 Å². The van der Waals surface area contributed by atoms with Gasteiger partial charge in [0.05, 0.1) is 6.61 Å².